The van der Waals surface area contributed by atoms with Crippen molar-refractivity contribution in [3.05, 3.63) is 0 Å². The van der Waals surface area contributed by atoms with E-state index in [-0.39, 0.29) is 30.7 Å². The zero-order valence-corrected chi connectivity index (χ0v) is 17.1. The molecule has 2 atom stereocenters. The van der Waals surface area contributed by atoms with Gasteiger partial charge in [0.25, 0.3) is 0 Å². The van der Waals surface area contributed by atoms with Crippen LogP contribution < -0.4 is 5.73 Å². The van der Waals surface area contributed by atoms with Crippen molar-refractivity contribution in [1.29, 1.82) is 0 Å². The highest BCUT2D eigenvalue weighted by Crippen LogP contribution is 2.23. The van der Waals surface area contributed by atoms with Crippen LogP contribution in [-0.4, -0.2) is 66.2 Å². The summed E-state index contributed by atoms with van der Waals surface area (Å²) in [6.45, 7) is 12.9. The van der Waals surface area contributed by atoms with Crippen LogP contribution in [0.2, 0.25) is 0 Å². The van der Waals surface area contributed by atoms with Gasteiger partial charge in [-0.1, -0.05) is 0 Å². The summed E-state index contributed by atoms with van der Waals surface area (Å²) in [5.74, 6) is 0.820. The van der Waals surface area contributed by atoms with E-state index in [1.165, 1.54) is 6.42 Å². The summed E-state index contributed by atoms with van der Waals surface area (Å²) in [5.41, 5.74) is 5.17. The van der Waals surface area contributed by atoms with Crippen LogP contribution in [-0.2, 0) is 9.53 Å². The molecule has 0 bridgehead atoms. The molecule has 144 valence electrons. The third kappa shape index (κ3) is 7.04. The Morgan fingerprint density at radius 3 is 2.08 bits per heavy atom. The summed E-state index contributed by atoms with van der Waals surface area (Å²) in [7, 11) is 0. The van der Waals surface area contributed by atoms with Gasteiger partial charge in [-0.25, -0.2) is 0 Å². The topological polar surface area (TPSA) is 58.8 Å². The van der Waals surface area contributed by atoms with E-state index in [2.05, 4.69) is 18.7 Å². The first-order valence-electron chi connectivity index (χ1n) is 8.71. The average Bonchev–Trinajstić information content (AvgIpc) is 2.43. The molecule has 2 heterocycles. The molecule has 2 N–H and O–H groups in total. The molecule has 0 saturated carbocycles. The molecule has 2 rings (SSSR count). The lowest BCUT2D eigenvalue weighted by Crippen LogP contribution is -2.53. The van der Waals surface area contributed by atoms with Crippen LogP contribution in [0.15, 0.2) is 0 Å². The molecule has 2 aliphatic rings. The number of amides is 1. The van der Waals surface area contributed by atoms with Gasteiger partial charge >= 0.3 is 0 Å². The van der Waals surface area contributed by atoms with E-state index in [9.17, 15) is 4.79 Å². The number of piperidine rings is 1. The van der Waals surface area contributed by atoms with E-state index >= 15 is 0 Å². The maximum Gasteiger partial charge on any atom is 0.242 e. The van der Waals surface area contributed by atoms with Crippen LogP contribution in [0.5, 0.6) is 0 Å². The van der Waals surface area contributed by atoms with Gasteiger partial charge in [0.15, 0.2) is 0 Å². The summed E-state index contributed by atoms with van der Waals surface area (Å²) in [6.07, 6.45) is 4.13. The van der Waals surface area contributed by atoms with Gasteiger partial charge in [-0.2, -0.15) is 0 Å². The van der Waals surface area contributed by atoms with Gasteiger partial charge in [-0.15, -0.1) is 24.8 Å². The molecule has 5 nitrogen and oxygen atoms in total. The van der Waals surface area contributed by atoms with E-state index in [0.717, 1.165) is 51.5 Å². The number of nitrogens with zero attached hydrogens (tertiary/aromatic N) is 2. The Bertz CT molecular complexity index is 373. The predicted octanol–water partition coefficient (Wildman–Crippen LogP) is 2.31. The highest BCUT2D eigenvalue weighted by molar-refractivity contribution is 5.86. The molecule has 2 fully saturated rings. The summed E-state index contributed by atoms with van der Waals surface area (Å²) >= 11 is 0. The Morgan fingerprint density at radius 1 is 1.12 bits per heavy atom. The third-order valence-corrected chi connectivity index (χ3v) is 4.80. The van der Waals surface area contributed by atoms with Gasteiger partial charge in [0, 0.05) is 26.2 Å². The number of likely N-dealkylation sites (tertiary alicyclic amines) is 1. The number of rotatable bonds is 4. The predicted molar refractivity (Wildman–Crippen MR) is 103 cm³/mol. The monoisotopic (exact) mass is 383 g/mol. The second kappa shape index (κ2) is 10.2. The highest BCUT2D eigenvalue weighted by Gasteiger charge is 2.31. The SMILES string of the molecule is CC1CN(CCC2CCN(C(=O)C(C)(C)N)CC2)CC(C)O1.Cl.Cl. The number of carbonyl (C=O) groups excluding carboxylic acids is 1. The Morgan fingerprint density at radius 2 is 1.62 bits per heavy atom. The standard InChI is InChI=1S/C17H33N3O2.2ClH/c1-13-11-19(12-14(2)22-13)8-5-15-6-9-20(10-7-15)16(21)17(3,4)18;;/h13-15H,5-12,18H2,1-4H3;2*1H. The largest absolute Gasteiger partial charge is 0.373 e. The quantitative estimate of drug-likeness (QED) is 0.808. The van der Waals surface area contributed by atoms with E-state index in [1.807, 2.05) is 4.90 Å². The van der Waals surface area contributed by atoms with Crippen LogP contribution in [0, 0.1) is 5.92 Å². The second-order valence-electron chi connectivity index (χ2n) is 7.76. The van der Waals surface area contributed by atoms with Gasteiger partial charge in [0.1, 0.15) is 0 Å². The highest BCUT2D eigenvalue weighted by atomic mass is 35.5. The Balaban J connectivity index is 0.00000264. The Hall–Kier alpha value is -0.0700. The first-order chi connectivity index (χ1) is 10.3. The van der Waals surface area contributed by atoms with Crippen LogP contribution in [0.1, 0.15) is 47.0 Å². The van der Waals surface area contributed by atoms with Crippen molar-refractivity contribution in [2.45, 2.75) is 64.7 Å². The van der Waals surface area contributed by atoms with Crippen LogP contribution in [0.4, 0.5) is 0 Å². The minimum Gasteiger partial charge on any atom is -0.373 e. The van der Waals surface area contributed by atoms with Crippen molar-refractivity contribution in [1.82, 2.24) is 9.80 Å². The van der Waals surface area contributed by atoms with Crippen molar-refractivity contribution in [2.24, 2.45) is 11.7 Å². The first-order valence-corrected chi connectivity index (χ1v) is 8.71. The molecule has 0 spiro atoms. The molecule has 0 radical (unpaired) electrons. The molecule has 1 amide bonds. The number of nitrogens with two attached hydrogens (primary N) is 1. The van der Waals surface area contributed by atoms with E-state index < -0.39 is 5.54 Å². The maximum absolute atomic E-state index is 12.2. The third-order valence-electron chi connectivity index (χ3n) is 4.80. The van der Waals surface area contributed by atoms with Gasteiger partial charge in [-0.3, -0.25) is 9.69 Å². The lowest BCUT2D eigenvalue weighted by Gasteiger charge is -2.38. The van der Waals surface area contributed by atoms with Gasteiger partial charge in [-0.05, 0) is 59.4 Å². The normalized spacial score (nSPS) is 26.5. The lowest BCUT2D eigenvalue weighted by molar-refractivity contribution is -0.137. The van der Waals surface area contributed by atoms with Crippen molar-refractivity contribution < 1.29 is 9.53 Å². The van der Waals surface area contributed by atoms with Crippen molar-refractivity contribution >= 4 is 30.7 Å². The number of hydrogen-bond acceptors (Lipinski definition) is 4. The number of carbonyl (C=O) groups is 1. The molecule has 0 aromatic heterocycles. The van der Waals surface area contributed by atoms with Crippen molar-refractivity contribution in [3.8, 4) is 0 Å². The van der Waals surface area contributed by atoms with Crippen molar-refractivity contribution in [2.75, 3.05) is 32.7 Å². The first kappa shape index (κ1) is 23.9. The molecule has 2 aliphatic heterocycles. The van der Waals surface area contributed by atoms with Crippen molar-refractivity contribution in [3.63, 3.8) is 0 Å². The lowest BCUT2D eigenvalue weighted by atomic mass is 9.92. The zero-order valence-electron chi connectivity index (χ0n) is 15.5. The smallest absolute Gasteiger partial charge is 0.242 e. The molecule has 24 heavy (non-hydrogen) atoms. The fourth-order valence-electron chi connectivity index (χ4n) is 3.66. The van der Waals surface area contributed by atoms with Gasteiger partial charge < -0.3 is 15.4 Å². The fraction of sp³-hybridized carbons (Fsp3) is 0.941. The summed E-state index contributed by atoms with van der Waals surface area (Å²) in [6, 6.07) is 0. The summed E-state index contributed by atoms with van der Waals surface area (Å²) < 4.78 is 5.78. The molecule has 0 aromatic carbocycles. The van der Waals surface area contributed by atoms with Gasteiger partial charge in [0.05, 0.1) is 17.7 Å². The molecule has 2 unspecified atom stereocenters. The minimum atomic E-state index is -0.743. The van der Waals surface area contributed by atoms with E-state index in [0.29, 0.717) is 12.2 Å². The molecule has 0 aliphatic carbocycles. The molecular formula is C17H35Cl2N3O2. The summed E-state index contributed by atoms with van der Waals surface area (Å²) in [5, 5.41) is 0. The maximum atomic E-state index is 12.2. The molecule has 7 heteroatoms. The van der Waals surface area contributed by atoms with E-state index in [1.54, 1.807) is 13.8 Å². The zero-order chi connectivity index (χ0) is 16.3. The van der Waals surface area contributed by atoms with Crippen LogP contribution in [0.3, 0.4) is 0 Å². The summed E-state index contributed by atoms with van der Waals surface area (Å²) in [4.78, 5) is 16.6. The molecular weight excluding hydrogens is 349 g/mol. The van der Waals surface area contributed by atoms with E-state index in [4.69, 9.17) is 10.5 Å². The van der Waals surface area contributed by atoms with Crippen LogP contribution in [0.25, 0.3) is 0 Å². The number of halogens is 2. The fourth-order valence-corrected chi connectivity index (χ4v) is 3.66. The molecule has 0 aromatic rings. The Kier molecular flexibility index (Phi) is 10.1. The van der Waals surface area contributed by atoms with Crippen LogP contribution >= 0.6 is 24.8 Å². The number of hydrogen-bond donors (Lipinski definition) is 1. The Labute approximate surface area is 159 Å². The minimum absolute atomic E-state index is 0. The number of ether oxygens (including phenoxy) is 1. The molecule has 2 saturated heterocycles. The second-order valence-corrected chi connectivity index (χ2v) is 7.76. The average molecular weight is 384 g/mol. The van der Waals surface area contributed by atoms with Gasteiger partial charge in [0.2, 0.25) is 5.91 Å². The number of morpholine rings is 1.